The highest BCUT2D eigenvalue weighted by atomic mass is 35.5. The lowest BCUT2D eigenvalue weighted by molar-refractivity contribution is 0.882. The number of benzene rings is 1. The number of rotatable bonds is 3. The van der Waals surface area contributed by atoms with Crippen molar-refractivity contribution in [1.82, 2.24) is 19.6 Å². The summed E-state index contributed by atoms with van der Waals surface area (Å²) in [5.41, 5.74) is 4.50. The lowest BCUT2D eigenvalue weighted by Crippen LogP contribution is -2.14. The van der Waals surface area contributed by atoms with Gasteiger partial charge in [-0.2, -0.15) is 0 Å². The molecular weight excluding hydrogens is 371 g/mol. The van der Waals surface area contributed by atoms with Gasteiger partial charge in [0.1, 0.15) is 0 Å². The highest BCUT2D eigenvalue weighted by Crippen LogP contribution is 2.29. The summed E-state index contributed by atoms with van der Waals surface area (Å²) in [6, 6.07) is 10.7. The standard InChI is InChI=1S/C19H14Cl2N4O/c1-11-14(9-13-3-2-4-15(20)18(13)21)19-23-16(10-17(26)25(19)24-11)12-5-7-22-8-6-12/h2-8,10,24H,9H2,1H3. The molecule has 0 atom stereocenters. The molecule has 1 aromatic carbocycles. The van der Waals surface area contributed by atoms with Crippen LogP contribution in [0.2, 0.25) is 10.0 Å². The molecule has 5 nitrogen and oxygen atoms in total. The number of aromatic amines is 1. The van der Waals surface area contributed by atoms with E-state index < -0.39 is 0 Å². The van der Waals surface area contributed by atoms with Gasteiger partial charge >= 0.3 is 0 Å². The minimum Gasteiger partial charge on any atom is -0.294 e. The van der Waals surface area contributed by atoms with E-state index in [-0.39, 0.29) is 5.56 Å². The highest BCUT2D eigenvalue weighted by molar-refractivity contribution is 6.42. The van der Waals surface area contributed by atoms with Crippen molar-refractivity contribution in [2.24, 2.45) is 0 Å². The number of aryl methyl sites for hydroxylation is 1. The number of aromatic nitrogens is 4. The fourth-order valence-electron chi connectivity index (χ4n) is 2.95. The van der Waals surface area contributed by atoms with Gasteiger partial charge in [0, 0.05) is 41.7 Å². The molecule has 0 fully saturated rings. The molecule has 1 N–H and O–H groups in total. The molecule has 0 amide bonds. The fraction of sp³-hybridized carbons (Fsp3) is 0.105. The Labute approximate surface area is 159 Å². The zero-order valence-electron chi connectivity index (χ0n) is 13.8. The van der Waals surface area contributed by atoms with Gasteiger partial charge in [0.2, 0.25) is 0 Å². The first-order chi connectivity index (χ1) is 12.5. The smallest absolute Gasteiger partial charge is 0.273 e. The maximum absolute atomic E-state index is 12.5. The normalized spacial score (nSPS) is 11.2. The van der Waals surface area contributed by atoms with Gasteiger partial charge in [0.25, 0.3) is 5.56 Å². The minimum atomic E-state index is -0.173. The van der Waals surface area contributed by atoms with E-state index in [2.05, 4.69) is 10.1 Å². The Balaban J connectivity index is 1.90. The van der Waals surface area contributed by atoms with E-state index in [1.807, 2.05) is 31.2 Å². The third-order valence-corrected chi connectivity index (χ3v) is 5.15. The van der Waals surface area contributed by atoms with Crippen molar-refractivity contribution in [2.75, 3.05) is 0 Å². The molecule has 4 rings (SSSR count). The Hall–Kier alpha value is -2.63. The van der Waals surface area contributed by atoms with Crippen molar-refractivity contribution in [1.29, 1.82) is 0 Å². The summed E-state index contributed by atoms with van der Waals surface area (Å²) < 4.78 is 1.45. The summed E-state index contributed by atoms with van der Waals surface area (Å²) in [7, 11) is 0. The topological polar surface area (TPSA) is 63.0 Å². The van der Waals surface area contributed by atoms with Crippen LogP contribution in [0.1, 0.15) is 16.8 Å². The third-order valence-electron chi connectivity index (χ3n) is 4.30. The second-order valence-electron chi connectivity index (χ2n) is 5.98. The number of nitrogens with zero attached hydrogens (tertiary/aromatic N) is 3. The molecule has 0 aliphatic carbocycles. The molecular formula is C19H14Cl2N4O. The number of fused-ring (bicyclic) bond motifs is 1. The minimum absolute atomic E-state index is 0.173. The van der Waals surface area contributed by atoms with Gasteiger partial charge in [-0.3, -0.25) is 14.9 Å². The quantitative estimate of drug-likeness (QED) is 0.572. The molecule has 26 heavy (non-hydrogen) atoms. The van der Waals surface area contributed by atoms with Crippen LogP contribution in [0.3, 0.4) is 0 Å². The van der Waals surface area contributed by atoms with Crippen LogP contribution in [-0.4, -0.2) is 19.6 Å². The van der Waals surface area contributed by atoms with Crippen LogP contribution in [0.25, 0.3) is 16.9 Å². The molecule has 3 aromatic heterocycles. The molecule has 4 aromatic rings. The Morgan fingerprint density at radius 3 is 2.69 bits per heavy atom. The van der Waals surface area contributed by atoms with Crippen LogP contribution in [0, 0.1) is 6.92 Å². The summed E-state index contributed by atoms with van der Waals surface area (Å²) >= 11 is 12.5. The molecule has 0 aliphatic heterocycles. The summed E-state index contributed by atoms with van der Waals surface area (Å²) in [6.45, 7) is 1.91. The van der Waals surface area contributed by atoms with Gasteiger partial charge in [-0.25, -0.2) is 9.50 Å². The van der Waals surface area contributed by atoms with Crippen LogP contribution in [0.5, 0.6) is 0 Å². The Morgan fingerprint density at radius 2 is 1.92 bits per heavy atom. The van der Waals surface area contributed by atoms with E-state index >= 15 is 0 Å². The first kappa shape index (κ1) is 16.8. The van der Waals surface area contributed by atoms with Gasteiger partial charge in [-0.1, -0.05) is 35.3 Å². The van der Waals surface area contributed by atoms with Crippen molar-refractivity contribution in [3.63, 3.8) is 0 Å². The molecule has 0 spiro atoms. The Kier molecular flexibility index (Phi) is 4.26. The van der Waals surface area contributed by atoms with E-state index in [1.165, 1.54) is 10.6 Å². The molecule has 7 heteroatoms. The SMILES string of the molecule is Cc1[nH]n2c(=O)cc(-c3ccncc3)nc2c1Cc1cccc(Cl)c1Cl. The number of pyridine rings is 1. The maximum Gasteiger partial charge on any atom is 0.273 e. The van der Waals surface area contributed by atoms with Crippen LogP contribution in [0.4, 0.5) is 0 Å². The molecule has 0 saturated heterocycles. The summed E-state index contributed by atoms with van der Waals surface area (Å²) in [6.07, 6.45) is 3.87. The summed E-state index contributed by atoms with van der Waals surface area (Å²) in [5.74, 6) is 0. The maximum atomic E-state index is 12.5. The molecule has 130 valence electrons. The summed E-state index contributed by atoms with van der Waals surface area (Å²) in [5, 5.41) is 4.10. The zero-order chi connectivity index (χ0) is 18.3. The second-order valence-corrected chi connectivity index (χ2v) is 6.76. The van der Waals surface area contributed by atoms with Gasteiger partial charge in [-0.15, -0.1) is 0 Å². The highest BCUT2D eigenvalue weighted by Gasteiger charge is 2.16. The predicted octanol–water partition coefficient (Wildman–Crippen LogP) is 4.29. The Morgan fingerprint density at radius 1 is 1.15 bits per heavy atom. The number of nitrogens with one attached hydrogen (secondary N) is 1. The average Bonchev–Trinajstić information content (AvgIpc) is 2.96. The number of hydrogen-bond acceptors (Lipinski definition) is 3. The first-order valence-electron chi connectivity index (χ1n) is 7.99. The van der Waals surface area contributed by atoms with Gasteiger partial charge in [0.15, 0.2) is 5.65 Å². The van der Waals surface area contributed by atoms with Crippen LogP contribution >= 0.6 is 23.2 Å². The van der Waals surface area contributed by atoms with E-state index in [0.29, 0.717) is 27.8 Å². The van der Waals surface area contributed by atoms with Crippen LogP contribution in [0.15, 0.2) is 53.6 Å². The lowest BCUT2D eigenvalue weighted by atomic mass is 10.1. The molecule has 0 radical (unpaired) electrons. The molecule has 3 heterocycles. The second kappa shape index (κ2) is 6.59. The van der Waals surface area contributed by atoms with Gasteiger partial charge in [-0.05, 0) is 30.7 Å². The number of H-pyrrole nitrogens is 1. The van der Waals surface area contributed by atoms with Gasteiger partial charge in [0.05, 0.1) is 15.7 Å². The molecule has 0 aliphatic rings. The summed E-state index contributed by atoms with van der Waals surface area (Å²) in [4.78, 5) is 21.3. The first-order valence-corrected chi connectivity index (χ1v) is 8.74. The van der Waals surface area contributed by atoms with Gasteiger partial charge < -0.3 is 0 Å². The fourth-order valence-corrected chi connectivity index (χ4v) is 3.34. The largest absolute Gasteiger partial charge is 0.294 e. The van der Waals surface area contributed by atoms with Crippen molar-refractivity contribution in [2.45, 2.75) is 13.3 Å². The van der Waals surface area contributed by atoms with Crippen LogP contribution < -0.4 is 5.56 Å². The van der Waals surface area contributed by atoms with E-state index in [9.17, 15) is 4.79 Å². The molecule has 0 unspecified atom stereocenters. The average molecular weight is 385 g/mol. The number of hydrogen-bond donors (Lipinski definition) is 1. The van der Waals surface area contributed by atoms with Crippen LogP contribution in [-0.2, 0) is 6.42 Å². The monoisotopic (exact) mass is 384 g/mol. The van der Waals surface area contributed by atoms with Crippen molar-refractivity contribution < 1.29 is 0 Å². The zero-order valence-corrected chi connectivity index (χ0v) is 15.3. The van der Waals surface area contributed by atoms with E-state index in [1.54, 1.807) is 18.5 Å². The van der Waals surface area contributed by atoms with Crippen molar-refractivity contribution in [3.8, 4) is 11.3 Å². The number of halogens is 2. The van der Waals surface area contributed by atoms with E-state index in [4.69, 9.17) is 28.2 Å². The Bertz CT molecular complexity index is 1170. The van der Waals surface area contributed by atoms with Crippen molar-refractivity contribution in [3.05, 3.63) is 86.0 Å². The van der Waals surface area contributed by atoms with E-state index in [0.717, 1.165) is 22.4 Å². The third kappa shape index (κ3) is 2.89. The molecule has 0 saturated carbocycles. The van der Waals surface area contributed by atoms with Crippen molar-refractivity contribution >= 4 is 28.8 Å². The lowest BCUT2D eigenvalue weighted by Gasteiger charge is -2.06. The molecule has 0 bridgehead atoms. The predicted molar refractivity (Wildman–Crippen MR) is 103 cm³/mol.